The molecule has 4 N–H and O–H groups in total. The summed E-state index contributed by atoms with van der Waals surface area (Å²) in [6.45, 7) is 0.569. The molecule has 4 aromatic rings. The number of benzene rings is 4. The van der Waals surface area contributed by atoms with Crippen LogP contribution in [-0.2, 0) is 14.3 Å². The number of ether oxygens (including phenoxy) is 3. The fraction of sp³-hybridized carbons (Fsp3) is 0.135. The Bertz CT molecular complexity index is 1820. The lowest BCUT2D eigenvalue weighted by molar-refractivity contribution is -0.118. The summed E-state index contributed by atoms with van der Waals surface area (Å²) >= 11 is 0. The summed E-state index contributed by atoms with van der Waals surface area (Å²) in [4.78, 5) is 52.3. The zero-order chi connectivity index (χ0) is 33.7. The monoisotopic (exact) mass is 646 g/mol. The Morgan fingerprint density at radius 1 is 0.667 bits per heavy atom. The van der Waals surface area contributed by atoms with Crippen molar-refractivity contribution < 1.29 is 33.4 Å². The van der Waals surface area contributed by atoms with Crippen molar-refractivity contribution in [2.24, 2.45) is 0 Å². The zero-order valence-electron chi connectivity index (χ0n) is 26.2. The third-order valence-corrected chi connectivity index (χ3v) is 7.04. The molecule has 0 radical (unpaired) electrons. The lowest BCUT2D eigenvalue weighted by Gasteiger charge is -2.13. The van der Waals surface area contributed by atoms with E-state index < -0.39 is 23.6 Å². The zero-order valence-corrected chi connectivity index (χ0v) is 26.2. The van der Waals surface area contributed by atoms with Crippen molar-refractivity contribution in [2.45, 2.75) is 0 Å². The van der Waals surface area contributed by atoms with Gasteiger partial charge in [0.25, 0.3) is 23.6 Å². The first-order chi connectivity index (χ1) is 23.4. The van der Waals surface area contributed by atoms with Gasteiger partial charge in [-0.2, -0.15) is 0 Å². The Morgan fingerprint density at radius 3 is 1.69 bits per heavy atom. The first kappa shape index (κ1) is 33.2. The van der Waals surface area contributed by atoms with Crippen molar-refractivity contribution in [3.8, 4) is 17.2 Å². The van der Waals surface area contributed by atoms with E-state index in [1.807, 2.05) is 0 Å². The van der Waals surface area contributed by atoms with Crippen molar-refractivity contribution >= 4 is 35.8 Å². The molecule has 0 saturated heterocycles. The summed E-state index contributed by atoms with van der Waals surface area (Å²) in [7, 11) is 1.51. The van der Waals surface area contributed by atoms with E-state index in [4.69, 9.17) is 14.2 Å². The number of nitrogens with one attached hydrogen (secondary N) is 4. The van der Waals surface area contributed by atoms with Crippen LogP contribution in [0.5, 0.6) is 17.2 Å². The van der Waals surface area contributed by atoms with Crippen molar-refractivity contribution in [2.75, 3.05) is 33.4 Å². The molecule has 0 fully saturated rings. The van der Waals surface area contributed by atoms with E-state index in [0.29, 0.717) is 39.5 Å². The van der Waals surface area contributed by atoms with E-state index in [-0.39, 0.29) is 37.7 Å². The van der Waals surface area contributed by atoms with Crippen molar-refractivity contribution in [1.29, 1.82) is 0 Å². The van der Waals surface area contributed by atoms with E-state index in [1.165, 1.54) is 7.11 Å². The van der Waals surface area contributed by atoms with Gasteiger partial charge in [-0.3, -0.25) is 19.2 Å². The second kappa shape index (κ2) is 16.4. The Morgan fingerprint density at radius 2 is 1.17 bits per heavy atom. The van der Waals surface area contributed by atoms with Gasteiger partial charge in [0.05, 0.1) is 20.3 Å². The minimum atomic E-state index is -0.528. The molecule has 2 aliphatic heterocycles. The average molecular weight is 647 g/mol. The first-order valence-corrected chi connectivity index (χ1v) is 15.2. The number of carbonyl (C=O) groups is 4. The molecule has 0 atom stereocenters. The SMILES string of the molecule is COc1ccc2cc1Oc1ccc(cc1)/C=C(\NC(=O)c1ccccc1)C(=O)NCCOCCNC(=O)/C(NC(=O)c1ccccc1)=C\2. The van der Waals surface area contributed by atoms with Crippen molar-refractivity contribution in [3.63, 3.8) is 0 Å². The van der Waals surface area contributed by atoms with E-state index >= 15 is 0 Å². The maximum absolute atomic E-state index is 13.3. The van der Waals surface area contributed by atoms with Gasteiger partial charge in [-0.15, -0.1) is 0 Å². The summed E-state index contributed by atoms with van der Waals surface area (Å²) in [6, 6.07) is 29.1. The number of hydrogen-bond acceptors (Lipinski definition) is 7. The maximum atomic E-state index is 13.3. The summed E-state index contributed by atoms with van der Waals surface area (Å²) in [5.74, 6) is -0.661. The molecular formula is C37H34N4O7. The van der Waals surface area contributed by atoms with Crippen LogP contribution in [0.1, 0.15) is 31.8 Å². The molecule has 11 nitrogen and oxygen atoms in total. The van der Waals surface area contributed by atoms with Crippen LogP contribution >= 0.6 is 0 Å². The van der Waals surface area contributed by atoms with Gasteiger partial charge in [0, 0.05) is 24.2 Å². The van der Waals surface area contributed by atoms with E-state index in [1.54, 1.807) is 115 Å². The average Bonchev–Trinajstić information content (AvgIpc) is 3.11. The molecule has 11 heteroatoms. The molecule has 4 bridgehead atoms. The highest BCUT2D eigenvalue weighted by molar-refractivity contribution is 6.06. The largest absolute Gasteiger partial charge is 0.493 e. The third kappa shape index (κ3) is 9.18. The fourth-order valence-electron chi connectivity index (χ4n) is 4.61. The minimum Gasteiger partial charge on any atom is -0.493 e. The number of rotatable bonds is 5. The minimum absolute atomic E-state index is 0.0126. The highest BCUT2D eigenvalue weighted by Crippen LogP contribution is 2.33. The molecule has 4 amide bonds. The lowest BCUT2D eigenvalue weighted by atomic mass is 10.1. The smallest absolute Gasteiger partial charge is 0.267 e. The fourth-order valence-corrected chi connectivity index (χ4v) is 4.61. The number of carbonyl (C=O) groups excluding carboxylic acids is 4. The molecule has 2 aliphatic rings. The van der Waals surface area contributed by atoms with Crippen LogP contribution in [0, 0.1) is 0 Å². The van der Waals surface area contributed by atoms with Gasteiger partial charge in [0.1, 0.15) is 17.1 Å². The van der Waals surface area contributed by atoms with Crippen LogP contribution in [0.3, 0.4) is 0 Å². The van der Waals surface area contributed by atoms with Crippen molar-refractivity contribution in [3.05, 3.63) is 137 Å². The molecular weight excluding hydrogens is 612 g/mol. The molecule has 0 spiro atoms. The normalized spacial score (nSPS) is 16.3. The highest BCUT2D eigenvalue weighted by Gasteiger charge is 2.17. The second-order valence-electron chi connectivity index (χ2n) is 10.5. The molecule has 48 heavy (non-hydrogen) atoms. The van der Waals surface area contributed by atoms with E-state index in [0.717, 1.165) is 0 Å². The molecule has 244 valence electrons. The van der Waals surface area contributed by atoms with Gasteiger partial charge in [-0.25, -0.2) is 0 Å². The second-order valence-corrected chi connectivity index (χ2v) is 10.5. The molecule has 0 aliphatic carbocycles. The Labute approximate surface area is 277 Å². The summed E-state index contributed by atoms with van der Waals surface area (Å²) in [5, 5.41) is 10.9. The number of hydrogen-bond donors (Lipinski definition) is 4. The third-order valence-electron chi connectivity index (χ3n) is 7.04. The van der Waals surface area contributed by atoms with Crippen LogP contribution in [0.4, 0.5) is 0 Å². The van der Waals surface area contributed by atoms with Gasteiger partial charge in [-0.1, -0.05) is 54.6 Å². The summed E-state index contributed by atoms with van der Waals surface area (Å²) in [5.41, 5.74) is 2.04. The van der Waals surface area contributed by atoms with E-state index in [2.05, 4.69) is 21.3 Å². The van der Waals surface area contributed by atoms with Gasteiger partial charge >= 0.3 is 0 Å². The number of fused-ring (bicyclic) bond motifs is 12. The highest BCUT2D eigenvalue weighted by atomic mass is 16.5. The topological polar surface area (TPSA) is 144 Å². The standard InChI is InChI=1S/C37H34N4O7/c1-46-32-17-14-26-23-31(41-35(43)28-10-6-3-7-11-28)37(45)39-19-21-47-20-18-38-36(44)30(40-34(42)27-8-4-2-5-9-27)22-25-12-15-29(16-13-25)48-33(32)24-26/h2-17,22-24H,18-21H2,1H3,(H,38,44)(H,39,45)(H,40,42)(H,41,43)/b30-22-,31-23+. The summed E-state index contributed by atoms with van der Waals surface area (Å²) in [6.07, 6.45) is 3.11. The number of methoxy groups -OCH3 is 1. The first-order valence-electron chi connectivity index (χ1n) is 15.2. The molecule has 6 rings (SSSR count). The Hall–Kier alpha value is -6.20. The maximum Gasteiger partial charge on any atom is 0.267 e. The molecule has 2 heterocycles. The predicted molar refractivity (Wildman–Crippen MR) is 180 cm³/mol. The quantitative estimate of drug-likeness (QED) is 0.237. The molecule has 4 aromatic carbocycles. The van der Waals surface area contributed by atoms with Gasteiger partial charge in [0.2, 0.25) is 0 Å². The Balaban J connectivity index is 1.45. The van der Waals surface area contributed by atoms with Gasteiger partial charge < -0.3 is 35.5 Å². The molecule has 0 saturated carbocycles. The van der Waals surface area contributed by atoms with Gasteiger partial charge in [0.15, 0.2) is 11.5 Å². The van der Waals surface area contributed by atoms with Gasteiger partial charge in [-0.05, 0) is 71.8 Å². The van der Waals surface area contributed by atoms with Crippen LogP contribution in [-0.4, -0.2) is 57.0 Å². The van der Waals surface area contributed by atoms with E-state index in [9.17, 15) is 19.2 Å². The van der Waals surface area contributed by atoms with Crippen LogP contribution in [0.2, 0.25) is 0 Å². The lowest BCUT2D eigenvalue weighted by Crippen LogP contribution is -2.37. The Kier molecular flexibility index (Phi) is 11.3. The number of amides is 4. The predicted octanol–water partition coefficient (Wildman–Crippen LogP) is 4.29. The summed E-state index contributed by atoms with van der Waals surface area (Å²) < 4.78 is 17.3. The van der Waals surface area contributed by atoms with Crippen LogP contribution in [0.15, 0.2) is 115 Å². The molecule has 0 unspecified atom stereocenters. The van der Waals surface area contributed by atoms with Crippen molar-refractivity contribution in [1.82, 2.24) is 21.3 Å². The van der Waals surface area contributed by atoms with Crippen LogP contribution < -0.4 is 30.7 Å². The molecule has 0 aromatic heterocycles. The van der Waals surface area contributed by atoms with Crippen LogP contribution in [0.25, 0.3) is 12.2 Å².